The molecule has 0 aliphatic carbocycles. The van der Waals surface area contributed by atoms with Gasteiger partial charge in [-0.1, -0.05) is 23.2 Å². The lowest BCUT2D eigenvalue weighted by Crippen LogP contribution is -2.08. The molecule has 0 atom stereocenters. The van der Waals surface area contributed by atoms with Crippen LogP contribution in [0, 0.1) is 0 Å². The first-order chi connectivity index (χ1) is 8.13. The van der Waals surface area contributed by atoms with Gasteiger partial charge in [-0.3, -0.25) is 4.68 Å². The molecule has 0 spiro atoms. The third-order valence-corrected chi connectivity index (χ3v) is 2.87. The average Bonchev–Trinajstić information content (AvgIpc) is 2.63. The maximum atomic E-state index is 5.86. The summed E-state index contributed by atoms with van der Waals surface area (Å²) in [6.45, 7) is 1.17. The second-order valence-electron chi connectivity index (χ2n) is 3.38. The Morgan fingerprint density at radius 2 is 1.94 bits per heavy atom. The molecule has 0 saturated heterocycles. The summed E-state index contributed by atoms with van der Waals surface area (Å²) in [6, 6.07) is 5.12. The van der Waals surface area contributed by atoms with Gasteiger partial charge in [-0.15, -0.1) is 0 Å². The van der Waals surface area contributed by atoms with E-state index in [0.717, 1.165) is 4.47 Å². The lowest BCUT2D eigenvalue weighted by molar-refractivity contribution is 0.291. The maximum Gasteiger partial charge on any atom is 0.122 e. The standard InChI is InChI=1S/C11H9BrCl2N2O/c12-8-6-15-16(7-8)1-2-17-11-4-9(13)3-10(14)5-11/h3-7H,1-2H2. The van der Waals surface area contributed by atoms with Crippen LogP contribution in [-0.2, 0) is 6.54 Å². The molecule has 0 amide bonds. The van der Waals surface area contributed by atoms with Crippen LogP contribution in [-0.4, -0.2) is 16.4 Å². The maximum absolute atomic E-state index is 5.86. The summed E-state index contributed by atoms with van der Waals surface area (Å²) >= 11 is 15.1. The van der Waals surface area contributed by atoms with Crippen LogP contribution >= 0.6 is 39.1 Å². The first-order valence-electron chi connectivity index (χ1n) is 4.90. The van der Waals surface area contributed by atoms with Crippen molar-refractivity contribution in [1.29, 1.82) is 0 Å². The number of ether oxygens (including phenoxy) is 1. The fraction of sp³-hybridized carbons (Fsp3) is 0.182. The van der Waals surface area contributed by atoms with E-state index >= 15 is 0 Å². The Labute approximate surface area is 117 Å². The minimum atomic E-state index is 0.505. The first-order valence-corrected chi connectivity index (χ1v) is 6.45. The average molecular weight is 336 g/mol. The zero-order chi connectivity index (χ0) is 12.3. The highest BCUT2D eigenvalue weighted by Crippen LogP contribution is 2.24. The van der Waals surface area contributed by atoms with Crippen LogP contribution in [0.15, 0.2) is 35.1 Å². The van der Waals surface area contributed by atoms with E-state index in [1.165, 1.54) is 0 Å². The van der Waals surface area contributed by atoms with Gasteiger partial charge in [-0.05, 0) is 34.1 Å². The van der Waals surface area contributed by atoms with E-state index in [2.05, 4.69) is 21.0 Å². The van der Waals surface area contributed by atoms with E-state index in [-0.39, 0.29) is 0 Å². The largest absolute Gasteiger partial charge is 0.492 e. The molecule has 0 N–H and O–H groups in total. The fourth-order valence-corrected chi connectivity index (χ4v) is 2.16. The predicted octanol–water partition coefficient (Wildman–Crippen LogP) is 4.03. The van der Waals surface area contributed by atoms with Gasteiger partial charge in [0, 0.05) is 16.2 Å². The Bertz CT molecular complexity index is 496. The van der Waals surface area contributed by atoms with Crippen molar-refractivity contribution in [2.24, 2.45) is 0 Å². The molecule has 0 aliphatic rings. The summed E-state index contributed by atoms with van der Waals surface area (Å²) in [4.78, 5) is 0. The van der Waals surface area contributed by atoms with Gasteiger partial charge in [0.15, 0.2) is 0 Å². The second-order valence-corrected chi connectivity index (χ2v) is 5.16. The van der Waals surface area contributed by atoms with E-state index in [1.807, 2.05) is 6.20 Å². The van der Waals surface area contributed by atoms with Crippen molar-refractivity contribution < 1.29 is 4.74 Å². The number of nitrogens with zero attached hydrogens (tertiary/aromatic N) is 2. The summed E-state index contributed by atoms with van der Waals surface area (Å²) < 4.78 is 8.27. The van der Waals surface area contributed by atoms with Crippen LogP contribution in [0.4, 0.5) is 0 Å². The molecule has 0 radical (unpaired) electrons. The third-order valence-electron chi connectivity index (χ3n) is 2.03. The van der Waals surface area contributed by atoms with E-state index < -0.39 is 0 Å². The molecule has 0 bridgehead atoms. The summed E-state index contributed by atoms with van der Waals surface area (Å²) in [5.74, 6) is 0.661. The number of halogens is 3. The summed E-state index contributed by atoms with van der Waals surface area (Å²) in [7, 11) is 0. The lowest BCUT2D eigenvalue weighted by atomic mass is 10.3. The predicted molar refractivity (Wildman–Crippen MR) is 71.9 cm³/mol. The van der Waals surface area contributed by atoms with Gasteiger partial charge < -0.3 is 4.74 Å². The van der Waals surface area contributed by atoms with Crippen molar-refractivity contribution in [2.75, 3.05) is 6.61 Å². The lowest BCUT2D eigenvalue weighted by Gasteiger charge is -2.07. The quantitative estimate of drug-likeness (QED) is 0.843. The van der Waals surface area contributed by atoms with Gasteiger partial charge in [-0.2, -0.15) is 5.10 Å². The van der Waals surface area contributed by atoms with Crippen LogP contribution in [0.2, 0.25) is 10.0 Å². The Balaban J connectivity index is 1.89. The molecule has 2 rings (SSSR count). The molecule has 90 valence electrons. The molecule has 6 heteroatoms. The van der Waals surface area contributed by atoms with E-state index in [9.17, 15) is 0 Å². The summed E-state index contributed by atoms with van der Waals surface area (Å²) in [5.41, 5.74) is 0. The minimum Gasteiger partial charge on any atom is -0.492 e. The van der Waals surface area contributed by atoms with Crippen LogP contribution in [0.1, 0.15) is 0 Å². The molecule has 17 heavy (non-hydrogen) atoms. The van der Waals surface area contributed by atoms with Crippen LogP contribution in [0.25, 0.3) is 0 Å². The highest BCUT2D eigenvalue weighted by molar-refractivity contribution is 9.10. The van der Waals surface area contributed by atoms with Gasteiger partial charge in [0.2, 0.25) is 0 Å². The Morgan fingerprint density at radius 1 is 1.24 bits per heavy atom. The number of hydrogen-bond acceptors (Lipinski definition) is 2. The van der Waals surface area contributed by atoms with Crippen molar-refractivity contribution in [3.8, 4) is 5.75 Å². The second kappa shape index (κ2) is 5.76. The van der Waals surface area contributed by atoms with E-state index in [0.29, 0.717) is 28.9 Å². The summed E-state index contributed by atoms with van der Waals surface area (Å²) in [5, 5.41) is 5.25. The number of aromatic nitrogens is 2. The highest BCUT2D eigenvalue weighted by atomic mass is 79.9. The van der Waals surface area contributed by atoms with Crippen molar-refractivity contribution in [3.05, 3.63) is 45.1 Å². The normalized spacial score (nSPS) is 10.5. The van der Waals surface area contributed by atoms with Crippen LogP contribution in [0.3, 0.4) is 0 Å². The fourth-order valence-electron chi connectivity index (χ4n) is 1.33. The van der Waals surface area contributed by atoms with E-state index in [4.69, 9.17) is 27.9 Å². The monoisotopic (exact) mass is 334 g/mol. The zero-order valence-electron chi connectivity index (χ0n) is 8.74. The van der Waals surface area contributed by atoms with Crippen molar-refractivity contribution in [3.63, 3.8) is 0 Å². The molecule has 0 aliphatic heterocycles. The molecule has 2 aromatic rings. The zero-order valence-corrected chi connectivity index (χ0v) is 11.8. The van der Waals surface area contributed by atoms with Gasteiger partial charge in [0.05, 0.1) is 17.2 Å². The molecule has 0 fully saturated rings. The molecule has 0 saturated carbocycles. The smallest absolute Gasteiger partial charge is 0.122 e. The molecule has 1 heterocycles. The number of rotatable bonds is 4. The van der Waals surface area contributed by atoms with Gasteiger partial charge in [0.1, 0.15) is 12.4 Å². The number of hydrogen-bond donors (Lipinski definition) is 0. The Kier molecular flexibility index (Phi) is 4.31. The van der Waals surface area contributed by atoms with Crippen LogP contribution in [0.5, 0.6) is 5.75 Å². The topological polar surface area (TPSA) is 27.1 Å². The Morgan fingerprint density at radius 3 is 2.53 bits per heavy atom. The molecular weight excluding hydrogens is 327 g/mol. The SMILES string of the molecule is Clc1cc(Cl)cc(OCCn2cc(Br)cn2)c1. The minimum absolute atomic E-state index is 0.505. The summed E-state index contributed by atoms with van der Waals surface area (Å²) in [6.07, 6.45) is 3.62. The molecule has 3 nitrogen and oxygen atoms in total. The van der Waals surface area contributed by atoms with Gasteiger partial charge in [0.25, 0.3) is 0 Å². The Hall–Kier alpha value is -0.710. The van der Waals surface area contributed by atoms with Crippen molar-refractivity contribution >= 4 is 39.1 Å². The highest BCUT2D eigenvalue weighted by Gasteiger charge is 2.00. The third kappa shape index (κ3) is 3.91. The molecule has 1 aromatic carbocycles. The molecule has 0 unspecified atom stereocenters. The van der Waals surface area contributed by atoms with Gasteiger partial charge in [-0.25, -0.2) is 0 Å². The molecule has 1 aromatic heterocycles. The van der Waals surface area contributed by atoms with Crippen molar-refractivity contribution in [1.82, 2.24) is 9.78 Å². The van der Waals surface area contributed by atoms with Crippen LogP contribution < -0.4 is 4.74 Å². The van der Waals surface area contributed by atoms with Gasteiger partial charge >= 0.3 is 0 Å². The molecular formula is C11H9BrCl2N2O. The van der Waals surface area contributed by atoms with E-state index in [1.54, 1.807) is 29.1 Å². The van der Waals surface area contributed by atoms with Crippen molar-refractivity contribution in [2.45, 2.75) is 6.54 Å². The number of benzene rings is 1. The first kappa shape index (κ1) is 12.7.